The second-order valence-corrected chi connectivity index (χ2v) is 1.95. The normalized spacial score (nSPS) is 12.4. The topological polar surface area (TPSA) is 26.3 Å². The smallest absolute Gasteiger partial charge is 0.352 e. The minimum absolute atomic E-state index is 0.197. The van der Waals surface area contributed by atoms with Gasteiger partial charge in [-0.2, -0.15) is 0 Å². The number of hydrogen-bond acceptors (Lipinski definition) is 2. The second kappa shape index (κ2) is 4.28. The summed E-state index contributed by atoms with van der Waals surface area (Å²) < 4.78 is 16.5. The molecule has 0 N–H and O–H groups in total. The van der Waals surface area contributed by atoms with Gasteiger partial charge in [-0.15, -0.1) is 0 Å². The van der Waals surface area contributed by atoms with E-state index in [0.717, 1.165) is 6.92 Å². The molecule has 2 nitrogen and oxygen atoms in total. The van der Waals surface area contributed by atoms with Gasteiger partial charge >= 0.3 is 5.97 Å². The molecular formula is C6H8ClFO2. The van der Waals surface area contributed by atoms with Crippen molar-refractivity contribution in [3.63, 3.8) is 0 Å². The van der Waals surface area contributed by atoms with Crippen molar-refractivity contribution < 1.29 is 13.9 Å². The van der Waals surface area contributed by atoms with Crippen LogP contribution in [-0.2, 0) is 9.53 Å². The summed E-state index contributed by atoms with van der Waals surface area (Å²) in [6.45, 7) is 2.91. The van der Waals surface area contributed by atoms with Crippen LogP contribution in [0.4, 0.5) is 4.39 Å². The predicted octanol–water partition coefficient (Wildman–Crippen LogP) is 1.99. The molecule has 0 fully saturated rings. The van der Waals surface area contributed by atoms with Gasteiger partial charge in [-0.1, -0.05) is 11.6 Å². The van der Waals surface area contributed by atoms with E-state index in [0.29, 0.717) is 0 Å². The van der Waals surface area contributed by atoms with Gasteiger partial charge in [0.25, 0.3) is 0 Å². The summed E-state index contributed by atoms with van der Waals surface area (Å²) in [7, 11) is 0. The maximum Gasteiger partial charge on any atom is 0.352 e. The van der Waals surface area contributed by atoms with Crippen LogP contribution in [0.1, 0.15) is 13.8 Å². The van der Waals surface area contributed by atoms with Crippen molar-refractivity contribution in [1.82, 2.24) is 0 Å². The fourth-order valence-corrected chi connectivity index (χ4v) is 0.390. The standard InChI is InChI=1S/C6H8ClFO2/c1-3-10-6(9)5(7)4(2)8/h3H2,1-2H3/b5-4-. The maximum absolute atomic E-state index is 12.1. The average Bonchev–Trinajstić information content (AvgIpc) is 1.87. The first kappa shape index (κ1) is 9.43. The molecule has 0 bridgehead atoms. The Labute approximate surface area is 63.6 Å². The van der Waals surface area contributed by atoms with Crippen LogP contribution in [0.5, 0.6) is 0 Å². The molecule has 4 heteroatoms. The third-order valence-corrected chi connectivity index (χ3v) is 1.17. The van der Waals surface area contributed by atoms with Gasteiger partial charge in [0.15, 0.2) is 5.03 Å². The van der Waals surface area contributed by atoms with Crippen LogP contribution in [0, 0.1) is 0 Å². The lowest BCUT2D eigenvalue weighted by molar-refractivity contribution is -0.137. The largest absolute Gasteiger partial charge is 0.462 e. The molecule has 0 aromatic carbocycles. The Morgan fingerprint density at radius 2 is 2.20 bits per heavy atom. The van der Waals surface area contributed by atoms with E-state index in [2.05, 4.69) is 4.74 Å². The lowest BCUT2D eigenvalue weighted by Gasteiger charge is -1.98. The second-order valence-electron chi connectivity index (χ2n) is 1.57. The van der Waals surface area contributed by atoms with E-state index in [4.69, 9.17) is 11.6 Å². The quantitative estimate of drug-likeness (QED) is 0.463. The average molecular weight is 167 g/mol. The SMILES string of the molecule is CCOC(=O)/C(Cl)=C(\C)F. The van der Waals surface area contributed by atoms with Gasteiger partial charge in [-0.05, 0) is 13.8 Å². The number of halogens is 2. The highest BCUT2D eigenvalue weighted by Crippen LogP contribution is 2.11. The van der Waals surface area contributed by atoms with Crippen LogP contribution in [0.25, 0.3) is 0 Å². The molecule has 10 heavy (non-hydrogen) atoms. The summed E-state index contributed by atoms with van der Waals surface area (Å²) in [5.41, 5.74) is 0. The molecular weight excluding hydrogens is 159 g/mol. The number of hydrogen-bond donors (Lipinski definition) is 0. The third-order valence-electron chi connectivity index (χ3n) is 0.757. The molecule has 0 saturated heterocycles. The predicted molar refractivity (Wildman–Crippen MR) is 36.3 cm³/mol. The fourth-order valence-electron chi connectivity index (χ4n) is 0.335. The van der Waals surface area contributed by atoms with Crippen molar-refractivity contribution in [1.29, 1.82) is 0 Å². The maximum atomic E-state index is 12.1. The molecule has 0 aromatic rings. The Balaban J connectivity index is 4.09. The zero-order chi connectivity index (χ0) is 8.15. The zero-order valence-electron chi connectivity index (χ0n) is 5.78. The van der Waals surface area contributed by atoms with Crippen LogP contribution in [-0.4, -0.2) is 12.6 Å². The van der Waals surface area contributed by atoms with Gasteiger partial charge in [0.2, 0.25) is 0 Å². The highest BCUT2D eigenvalue weighted by molar-refractivity contribution is 6.41. The Kier molecular flexibility index (Phi) is 4.03. The van der Waals surface area contributed by atoms with E-state index in [9.17, 15) is 9.18 Å². The first-order valence-corrected chi connectivity index (χ1v) is 3.16. The van der Waals surface area contributed by atoms with Gasteiger partial charge in [0, 0.05) is 0 Å². The molecule has 0 aliphatic carbocycles. The number of carbonyl (C=O) groups is 1. The Bertz CT molecular complexity index is 161. The summed E-state index contributed by atoms with van der Waals surface area (Å²) in [6.07, 6.45) is 0. The highest BCUT2D eigenvalue weighted by atomic mass is 35.5. The van der Waals surface area contributed by atoms with Crippen molar-refractivity contribution in [3.05, 3.63) is 10.9 Å². The van der Waals surface area contributed by atoms with E-state index in [1.54, 1.807) is 6.92 Å². The van der Waals surface area contributed by atoms with Crippen LogP contribution >= 0.6 is 11.6 Å². The lowest BCUT2D eigenvalue weighted by Crippen LogP contribution is -2.04. The zero-order valence-corrected chi connectivity index (χ0v) is 6.54. The molecule has 0 saturated carbocycles. The molecule has 0 aliphatic heterocycles. The molecule has 0 heterocycles. The molecule has 0 rings (SSSR count). The summed E-state index contributed by atoms with van der Waals surface area (Å²) in [5, 5.41) is -0.484. The number of rotatable bonds is 2. The minimum atomic E-state index is -0.816. The molecule has 0 radical (unpaired) electrons. The van der Waals surface area contributed by atoms with Gasteiger partial charge in [-0.3, -0.25) is 0 Å². The van der Waals surface area contributed by atoms with E-state index >= 15 is 0 Å². The molecule has 0 unspecified atom stereocenters. The number of ether oxygens (including phenoxy) is 1. The lowest BCUT2D eigenvalue weighted by atomic mass is 10.5. The van der Waals surface area contributed by atoms with Crippen molar-refractivity contribution in [2.45, 2.75) is 13.8 Å². The summed E-state index contributed by atoms with van der Waals surface area (Å²) >= 11 is 5.18. The number of esters is 1. The molecule has 0 atom stereocenters. The summed E-state index contributed by atoms with van der Waals surface area (Å²) in [6, 6.07) is 0. The van der Waals surface area contributed by atoms with E-state index in [1.165, 1.54) is 0 Å². The van der Waals surface area contributed by atoms with Gasteiger partial charge < -0.3 is 4.74 Å². The Morgan fingerprint density at radius 1 is 1.70 bits per heavy atom. The monoisotopic (exact) mass is 166 g/mol. The van der Waals surface area contributed by atoms with E-state index in [1.807, 2.05) is 0 Å². The molecule has 0 spiro atoms. The number of allylic oxidation sites excluding steroid dienone is 1. The first-order valence-electron chi connectivity index (χ1n) is 2.78. The van der Waals surface area contributed by atoms with Crippen LogP contribution in [0.3, 0.4) is 0 Å². The van der Waals surface area contributed by atoms with Crippen molar-refractivity contribution in [3.8, 4) is 0 Å². The Hall–Kier alpha value is -0.570. The molecule has 58 valence electrons. The van der Waals surface area contributed by atoms with Crippen molar-refractivity contribution in [2.24, 2.45) is 0 Å². The van der Waals surface area contributed by atoms with E-state index in [-0.39, 0.29) is 6.61 Å². The molecule has 0 aromatic heterocycles. The summed E-state index contributed by atoms with van der Waals surface area (Å²) in [4.78, 5) is 10.5. The molecule has 0 amide bonds. The first-order chi connectivity index (χ1) is 4.59. The molecule has 0 aliphatic rings. The van der Waals surface area contributed by atoms with Gasteiger partial charge in [-0.25, -0.2) is 9.18 Å². The highest BCUT2D eigenvalue weighted by Gasteiger charge is 2.10. The van der Waals surface area contributed by atoms with Gasteiger partial charge in [0.05, 0.1) is 6.61 Å². The Morgan fingerprint density at radius 3 is 2.50 bits per heavy atom. The van der Waals surface area contributed by atoms with Crippen molar-refractivity contribution >= 4 is 17.6 Å². The van der Waals surface area contributed by atoms with Crippen LogP contribution in [0.15, 0.2) is 10.9 Å². The van der Waals surface area contributed by atoms with Gasteiger partial charge in [0.1, 0.15) is 5.83 Å². The van der Waals surface area contributed by atoms with E-state index < -0.39 is 16.8 Å². The van der Waals surface area contributed by atoms with Crippen molar-refractivity contribution in [2.75, 3.05) is 6.61 Å². The van der Waals surface area contributed by atoms with Crippen LogP contribution in [0.2, 0.25) is 0 Å². The van der Waals surface area contributed by atoms with Crippen LogP contribution < -0.4 is 0 Å². The third kappa shape index (κ3) is 2.82. The number of carbonyl (C=O) groups excluding carboxylic acids is 1. The fraction of sp³-hybridized carbons (Fsp3) is 0.500. The minimum Gasteiger partial charge on any atom is -0.462 e. The summed E-state index contributed by atoms with van der Waals surface area (Å²) in [5.74, 6) is -1.54.